The van der Waals surface area contributed by atoms with E-state index in [2.05, 4.69) is 17.6 Å². The molecule has 1 saturated heterocycles. The molecular formula is C21H38IN3O2S. The van der Waals surface area contributed by atoms with Gasteiger partial charge in [-0.3, -0.25) is 9.20 Å². The van der Waals surface area contributed by atoms with Gasteiger partial charge in [0, 0.05) is 58.4 Å². The molecule has 28 heavy (non-hydrogen) atoms. The fourth-order valence-electron chi connectivity index (χ4n) is 6.29. The molecule has 4 fully saturated rings. The highest BCUT2D eigenvalue weighted by Crippen LogP contribution is 2.60. The monoisotopic (exact) mass is 523 g/mol. The fourth-order valence-corrected chi connectivity index (χ4v) is 7.63. The van der Waals surface area contributed by atoms with Crippen LogP contribution in [-0.4, -0.2) is 52.5 Å². The number of rotatable bonds is 5. The van der Waals surface area contributed by atoms with Crippen molar-refractivity contribution < 1.29 is 8.95 Å². The number of hydrogen-bond acceptors (Lipinski definition) is 3. The Kier molecular flexibility index (Phi) is 8.09. The molecular weight excluding hydrogens is 485 g/mol. The van der Waals surface area contributed by atoms with E-state index in [-0.39, 0.29) is 24.0 Å². The molecule has 1 heterocycles. The molecule has 162 valence electrons. The average molecular weight is 524 g/mol. The normalized spacial score (nSPS) is 37.6. The van der Waals surface area contributed by atoms with E-state index in [0.29, 0.717) is 34.8 Å². The highest BCUT2D eigenvalue weighted by molar-refractivity contribution is 14.0. The van der Waals surface area contributed by atoms with Crippen molar-refractivity contribution in [2.75, 3.05) is 18.9 Å². The summed E-state index contributed by atoms with van der Waals surface area (Å²) in [7, 11) is -0.681. The fraction of sp³-hybridized carbons (Fsp3) is 0.952. The first-order chi connectivity index (χ1) is 13.2. The van der Waals surface area contributed by atoms with Crippen LogP contribution in [0.2, 0.25) is 0 Å². The molecule has 0 bridgehead atoms. The zero-order chi connectivity index (χ0) is 18.9. The quantitative estimate of drug-likeness (QED) is 0.329. The van der Waals surface area contributed by atoms with Crippen LogP contribution in [0.1, 0.15) is 71.6 Å². The molecule has 7 heteroatoms. The second-order valence-electron chi connectivity index (χ2n) is 8.93. The van der Waals surface area contributed by atoms with Gasteiger partial charge in [-0.25, -0.2) is 0 Å². The van der Waals surface area contributed by atoms with E-state index in [1.807, 2.05) is 6.92 Å². The maximum absolute atomic E-state index is 12.3. The molecule has 3 aliphatic carbocycles. The Balaban J connectivity index is 0.00000225. The number of guanidine groups is 1. The van der Waals surface area contributed by atoms with Crippen molar-refractivity contribution in [3.8, 4) is 0 Å². The second-order valence-corrected chi connectivity index (χ2v) is 10.9. The highest BCUT2D eigenvalue weighted by atomic mass is 127. The van der Waals surface area contributed by atoms with Crippen molar-refractivity contribution >= 4 is 40.7 Å². The number of nitrogens with zero attached hydrogens (tertiary/aromatic N) is 1. The van der Waals surface area contributed by atoms with Gasteiger partial charge >= 0.3 is 0 Å². The van der Waals surface area contributed by atoms with E-state index in [9.17, 15) is 4.21 Å². The molecule has 5 nitrogen and oxygen atoms in total. The smallest absolute Gasteiger partial charge is 0.191 e. The molecule has 2 N–H and O–H groups in total. The summed E-state index contributed by atoms with van der Waals surface area (Å²) in [5.74, 6) is 2.41. The topological polar surface area (TPSA) is 62.7 Å². The highest BCUT2D eigenvalue weighted by Gasteiger charge is 2.65. The predicted octanol–water partition coefficient (Wildman–Crippen LogP) is 3.59. The molecule has 6 unspecified atom stereocenters. The Bertz CT molecular complexity index is 582. The summed E-state index contributed by atoms with van der Waals surface area (Å²) < 4.78 is 18.4. The third-order valence-electron chi connectivity index (χ3n) is 7.52. The Morgan fingerprint density at radius 1 is 1.14 bits per heavy atom. The molecule has 4 rings (SSSR count). The van der Waals surface area contributed by atoms with E-state index < -0.39 is 10.8 Å². The number of hydrogen-bond donors (Lipinski definition) is 2. The Labute approximate surface area is 190 Å². The Morgan fingerprint density at radius 3 is 2.64 bits per heavy atom. The van der Waals surface area contributed by atoms with Crippen LogP contribution in [0.4, 0.5) is 0 Å². The molecule has 0 amide bonds. The average Bonchev–Trinajstić information content (AvgIpc) is 3.34. The molecule has 0 aromatic rings. The van der Waals surface area contributed by atoms with Gasteiger partial charge in [-0.1, -0.05) is 26.2 Å². The zero-order valence-electron chi connectivity index (χ0n) is 17.5. The van der Waals surface area contributed by atoms with E-state index in [1.165, 1.54) is 38.5 Å². The minimum absolute atomic E-state index is 0. The van der Waals surface area contributed by atoms with Crippen LogP contribution in [0.15, 0.2) is 4.99 Å². The van der Waals surface area contributed by atoms with Gasteiger partial charge < -0.3 is 15.4 Å². The second kappa shape index (κ2) is 9.94. The lowest BCUT2D eigenvalue weighted by Gasteiger charge is -2.57. The summed E-state index contributed by atoms with van der Waals surface area (Å²) in [4.78, 5) is 4.78. The minimum atomic E-state index is -0.681. The van der Waals surface area contributed by atoms with Crippen LogP contribution in [0.25, 0.3) is 0 Å². The first-order valence-corrected chi connectivity index (χ1v) is 12.6. The number of aliphatic imine (C=N–C) groups is 1. The van der Waals surface area contributed by atoms with Gasteiger partial charge in [-0.05, 0) is 45.4 Å². The van der Waals surface area contributed by atoms with Crippen molar-refractivity contribution in [2.24, 2.45) is 16.3 Å². The molecule has 6 atom stereocenters. The van der Waals surface area contributed by atoms with Crippen molar-refractivity contribution in [1.29, 1.82) is 0 Å². The van der Waals surface area contributed by atoms with Crippen LogP contribution < -0.4 is 10.6 Å². The van der Waals surface area contributed by atoms with Crippen LogP contribution in [-0.2, 0) is 15.5 Å². The van der Waals surface area contributed by atoms with Gasteiger partial charge in [0.1, 0.15) is 0 Å². The van der Waals surface area contributed by atoms with Crippen LogP contribution >= 0.6 is 24.0 Å². The molecule has 0 aromatic carbocycles. The third kappa shape index (κ3) is 4.27. The Hall–Kier alpha value is 0.110. The lowest BCUT2D eigenvalue weighted by atomic mass is 9.54. The molecule has 0 radical (unpaired) electrons. The maximum atomic E-state index is 12.3. The third-order valence-corrected chi connectivity index (χ3v) is 9.26. The summed E-state index contributed by atoms with van der Waals surface area (Å²) in [5, 5.41) is 7.91. The van der Waals surface area contributed by atoms with Crippen molar-refractivity contribution in [1.82, 2.24) is 10.6 Å². The summed E-state index contributed by atoms with van der Waals surface area (Å²) in [6.45, 7) is 5.86. The number of fused-ring (bicyclic) bond motifs is 2. The van der Waals surface area contributed by atoms with Gasteiger partial charge in [-0.2, -0.15) is 0 Å². The SMILES string of the molecule is CCN=C(NC1CCCC(S(=O)CC)C1)NC1C2CCOC2C12CCCC2.I. The predicted molar refractivity (Wildman–Crippen MR) is 127 cm³/mol. The van der Waals surface area contributed by atoms with Gasteiger partial charge in [0.15, 0.2) is 5.96 Å². The van der Waals surface area contributed by atoms with Gasteiger partial charge in [0.2, 0.25) is 0 Å². The summed E-state index contributed by atoms with van der Waals surface area (Å²) in [6, 6.07) is 0.904. The lowest BCUT2D eigenvalue weighted by molar-refractivity contribution is -0.125. The van der Waals surface area contributed by atoms with E-state index >= 15 is 0 Å². The zero-order valence-corrected chi connectivity index (χ0v) is 20.6. The van der Waals surface area contributed by atoms with Crippen LogP contribution in [0, 0.1) is 11.3 Å². The first-order valence-electron chi connectivity index (χ1n) is 11.2. The maximum Gasteiger partial charge on any atom is 0.191 e. The Morgan fingerprint density at radius 2 is 1.93 bits per heavy atom. The lowest BCUT2D eigenvalue weighted by Crippen LogP contribution is -2.69. The van der Waals surface area contributed by atoms with Crippen molar-refractivity contribution in [3.05, 3.63) is 0 Å². The largest absolute Gasteiger partial charge is 0.377 e. The summed E-state index contributed by atoms with van der Waals surface area (Å²) in [5.41, 5.74) is 0.343. The van der Waals surface area contributed by atoms with Crippen molar-refractivity contribution in [3.63, 3.8) is 0 Å². The molecule has 1 spiro atoms. The van der Waals surface area contributed by atoms with Crippen LogP contribution in [0.3, 0.4) is 0 Å². The number of nitrogens with one attached hydrogen (secondary N) is 2. The van der Waals surface area contributed by atoms with Gasteiger partial charge in [0.25, 0.3) is 0 Å². The summed E-state index contributed by atoms with van der Waals surface area (Å²) >= 11 is 0. The molecule has 1 aliphatic heterocycles. The molecule has 3 saturated carbocycles. The van der Waals surface area contributed by atoms with E-state index in [0.717, 1.165) is 44.1 Å². The standard InChI is InChI=1S/C21H37N3O2S.HI/c1-3-22-20(23-15-8-7-9-16(14-15)27(25)4-2)24-18-17-10-13-26-19(17)21(18)11-5-6-12-21;/h15-19H,3-14H2,1-2H3,(H2,22,23,24);1H. The van der Waals surface area contributed by atoms with Crippen molar-refractivity contribution in [2.45, 2.75) is 95.1 Å². The van der Waals surface area contributed by atoms with Crippen LogP contribution in [0.5, 0.6) is 0 Å². The van der Waals surface area contributed by atoms with E-state index in [1.54, 1.807) is 0 Å². The minimum Gasteiger partial charge on any atom is -0.377 e. The summed E-state index contributed by atoms with van der Waals surface area (Å²) in [6.07, 6.45) is 11.4. The van der Waals surface area contributed by atoms with E-state index in [4.69, 9.17) is 9.73 Å². The first kappa shape index (κ1) is 22.8. The number of halogens is 1. The molecule has 0 aromatic heterocycles. The molecule has 4 aliphatic rings. The number of ether oxygens (including phenoxy) is 1. The van der Waals surface area contributed by atoms with Gasteiger partial charge in [0.05, 0.1) is 6.10 Å². The van der Waals surface area contributed by atoms with Gasteiger partial charge in [-0.15, -0.1) is 24.0 Å².